The highest BCUT2D eigenvalue weighted by Crippen LogP contribution is 2.40. The van der Waals surface area contributed by atoms with Crippen LogP contribution in [-0.4, -0.2) is 46.4 Å². The van der Waals surface area contributed by atoms with Crippen molar-refractivity contribution in [1.82, 2.24) is 0 Å². The maximum Gasteiger partial charge on any atom is 0.348 e. The first-order valence-electron chi connectivity index (χ1n) is 6.88. The Labute approximate surface area is 119 Å². The summed E-state index contributed by atoms with van der Waals surface area (Å²) in [6, 6.07) is 0. The highest BCUT2D eigenvalue weighted by molar-refractivity contribution is 7.55. The van der Waals surface area contributed by atoms with E-state index in [1.165, 1.54) is 6.08 Å². The lowest BCUT2D eigenvalue weighted by molar-refractivity contribution is -0.0210. The normalized spacial score (nSPS) is 31.6. The van der Waals surface area contributed by atoms with Crippen LogP contribution < -0.4 is 0 Å². The molecule has 0 amide bonds. The molecule has 1 rings (SSSR count). The van der Waals surface area contributed by atoms with E-state index >= 15 is 0 Å². The Balaban J connectivity index is 2.77. The molecule has 7 heteroatoms. The molecule has 0 saturated carbocycles. The van der Waals surface area contributed by atoms with E-state index in [9.17, 15) is 4.57 Å². The molecular formula is C13H25O6P. The van der Waals surface area contributed by atoms with Gasteiger partial charge in [-0.2, -0.15) is 0 Å². The first-order valence-corrected chi connectivity index (χ1v) is 8.57. The van der Waals surface area contributed by atoms with Crippen molar-refractivity contribution in [3.63, 3.8) is 0 Å². The van der Waals surface area contributed by atoms with Crippen LogP contribution in [0.3, 0.4) is 0 Å². The number of hydrogen-bond acceptors (Lipinski definition) is 4. The van der Waals surface area contributed by atoms with Crippen molar-refractivity contribution in [3.8, 4) is 0 Å². The van der Waals surface area contributed by atoms with Crippen molar-refractivity contribution >= 4 is 7.60 Å². The summed E-state index contributed by atoms with van der Waals surface area (Å²) in [5.74, 6) is 1.19. The molecule has 1 unspecified atom stereocenters. The largest absolute Gasteiger partial charge is 0.396 e. The van der Waals surface area contributed by atoms with Crippen LogP contribution in [0.2, 0.25) is 0 Å². The third-order valence-electron chi connectivity index (χ3n) is 3.45. The van der Waals surface area contributed by atoms with E-state index in [2.05, 4.69) is 0 Å². The average molecular weight is 308 g/mol. The van der Waals surface area contributed by atoms with Crippen molar-refractivity contribution < 1.29 is 28.9 Å². The Morgan fingerprint density at radius 3 is 2.55 bits per heavy atom. The van der Waals surface area contributed by atoms with E-state index in [4.69, 9.17) is 24.4 Å². The maximum absolute atomic E-state index is 10.9. The summed E-state index contributed by atoms with van der Waals surface area (Å²) in [6.45, 7) is 6.49. The molecule has 3 N–H and O–H groups in total. The van der Waals surface area contributed by atoms with Crippen LogP contribution in [0, 0.1) is 11.8 Å². The summed E-state index contributed by atoms with van der Waals surface area (Å²) < 4.78 is 22.5. The highest BCUT2D eigenvalue weighted by atomic mass is 31.2. The van der Waals surface area contributed by atoms with Gasteiger partial charge in [0.05, 0.1) is 18.3 Å². The second-order valence-corrected chi connectivity index (χ2v) is 6.95. The fourth-order valence-electron chi connectivity index (χ4n) is 2.58. The summed E-state index contributed by atoms with van der Waals surface area (Å²) in [5, 5.41) is 8.80. The zero-order valence-electron chi connectivity index (χ0n) is 12.2. The molecule has 1 saturated heterocycles. The first kappa shape index (κ1) is 17.8. The van der Waals surface area contributed by atoms with Crippen molar-refractivity contribution in [1.29, 1.82) is 0 Å². The van der Waals surface area contributed by atoms with Gasteiger partial charge in [-0.1, -0.05) is 13.8 Å². The summed E-state index contributed by atoms with van der Waals surface area (Å²) >= 11 is 0. The van der Waals surface area contributed by atoms with Crippen LogP contribution in [0.5, 0.6) is 0 Å². The predicted octanol–water partition coefficient (Wildman–Crippen LogP) is 1.50. The SMILES string of the molecule is CC(C)C1[C@@H](OCCCO)[C@H](C)O[C@@H]1/C=C/P(=O)(O)O. The lowest BCUT2D eigenvalue weighted by atomic mass is 9.86. The molecule has 0 radical (unpaired) electrons. The molecule has 0 aliphatic carbocycles. The first-order chi connectivity index (χ1) is 9.26. The molecule has 0 aromatic carbocycles. The Hall–Kier alpha value is -0.230. The molecule has 6 nitrogen and oxygen atoms in total. The second kappa shape index (κ2) is 7.69. The fraction of sp³-hybridized carbons (Fsp3) is 0.846. The smallest absolute Gasteiger partial charge is 0.348 e. The molecule has 0 bridgehead atoms. The number of aliphatic hydroxyl groups excluding tert-OH is 1. The van der Waals surface area contributed by atoms with Gasteiger partial charge in [-0.3, -0.25) is 4.57 Å². The average Bonchev–Trinajstić information content (AvgIpc) is 2.63. The number of aliphatic hydroxyl groups is 1. The zero-order chi connectivity index (χ0) is 15.3. The zero-order valence-corrected chi connectivity index (χ0v) is 13.1. The predicted molar refractivity (Wildman–Crippen MR) is 75.3 cm³/mol. The Bertz CT molecular complexity index is 364. The third kappa shape index (κ3) is 5.28. The van der Waals surface area contributed by atoms with E-state index in [-0.39, 0.29) is 36.8 Å². The molecule has 118 valence electrons. The van der Waals surface area contributed by atoms with Gasteiger partial charge in [0.2, 0.25) is 0 Å². The third-order valence-corrected chi connectivity index (χ3v) is 4.01. The van der Waals surface area contributed by atoms with E-state index in [0.29, 0.717) is 13.0 Å². The van der Waals surface area contributed by atoms with Crippen LogP contribution in [-0.2, 0) is 14.0 Å². The van der Waals surface area contributed by atoms with Crippen molar-refractivity contribution in [2.45, 2.75) is 45.5 Å². The molecule has 0 aromatic heterocycles. The fourth-order valence-corrected chi connectivity index (χ4v) is 2.97. The molecule has 1 heterocycles. The molecule has 0 spiro atoms. The lowest BCUT2D eigenvalue weighted by Crippen LogP contribution is -2.33. The minimum Gasteiger partial charge on any atom is -0.396 e. The number of rotatable bonds is 7. The highest BCUT2D eigenvalue weighted by Gasteiger charge is 2.43. The Kier molecular flexibility index (Phi) is 6.85. The molecule has 1 aliphatic rings. The van der Waals surface area contributed by atoms with Gasteiger partial charge in [0.15, 0.2) is 0 Å². The molecule has 1 aliphatic heterocycles. The van der Waals surface area contributed by atoms with Crippen LogP contribution >= 0.6 is 7.60 Å². The summed E-state index contributed by atoms with van der Waals surface area (Å²) in [6.07, 6.45) is 1.37. The number of hydrogen-bond donors (Lipinski definition) is 3. The summed E-state index contributed by atoms with van der Waals surface area (Å²) in [5.41, 5.74) is 0. The lowest BCUT2D eigenvalue weighted by Gasteiger charge is -2.26. The van der Waals surface area contributed by atoms with Gasteiger partial charge in [-0.15, -0.1) is 0 Å². The van der Waals surface area contributed by atoms with E-state index in [1.54, 1.807) is 0 Å². The maximum atomic E-state index is 10.9. The number of ether oxygens (including phenoxy) is 2. The van der Waals surface area contributed by atoms with Gasteiger partial charge in [-0.25, -0.2) is 0 Å². The monoisotopic (exact) mass is 308 g/mol. The van der Waals surface area contributed by atoms with Gasteiger partial charge >= 0.3 is 7.60 Å². The van der Waals surface area contributed by atoms with E-state index in [0.717, 1.165) is 5.82 Å². The summed E-state index contributed by atoms with van der Waals surface area (Å²) in [7, 11) is -4.17. The molecule has 4 atom stereocenters. The standard InChI is InChI=1S/C13H25O6P/c1-9(2)12-11(5-8-20(15,16)17)19-10(3)13(12)18-7-4-6-14/h5,8-14H,4,6-7H2,1-3H3,(H2,15,16,17)/b8-5+/t10-,11+,12?,13-/m0/s1. The van der Waals surface area contributed by atoms with Gasteiger partial charge in [0, 0.05) is 24.9 Å². The van der Waals surface area contributed by atoms with Crippen LogP contribution in [0.15, 0.2) is 11.9 Å². The topological polar surface area (TPSA) is 96.2 Å². The summed E-state index contributed by atoms with van der Waals surface area (Å²) in [4.78, 5) is 17.8. The molecule has 20 heavy (non-hydrogen) atoms. The minimum absolute atomic E-state index is 0.0338. The quantitative estimate of drug-likeness (QED) is 0.487. The molecule has 0 aromatic rings. The molecule has 1 fully saturated rings. The van der Waals surface area contributed by atoms with Gasteiger partial charge in [-0.05, 0) is 25.3 Å². The van der Waals surface area contributed by atoms with Gasteiger partial charge in [0.25, 0.3) is 0 Å². The Morgan fingerprint density at radius 1 is 1.40 bits per heavy atom. The van der Waals surface area contributed by atoms with Crippen molar-refractivity contribution in [3.05, 3.63) is 11.9 Å². The van der Waals surface area contributed by atoms with Crippen LogP contribution in [0.4, 0.5) is 0 Å². The van der Waals surface area contributed by atoms with E-state index in [1.807, 2.05) is 20.8 Å². The van der Waals surface area contributed by atoms with E-state index < -0.39 is 7.60 Å². The van der Waals surface area contributed by atoms with Crippen molar-refractivity contribution in [2.24, 2.45) is 11.8 Å². The van der Waals surface area contributed by atoms with Crippen molar-refractivity contribution in [2.75, 3.05) is 13.2 Å². The van der Waals surface area contributed by atoms with Crippen LogP contribution in [0.1, 0.15) is 27.2 Å². The molecular weight excluding hydrogens is 283 g/mol. The second-order valence-electron chi connectivity index (χ2n) is 5.47. The van der Waals surface area contributed by atoms with Gasteiger partial charge in [0.1, 0.15) is 0 Å². The van der Waals surface area contributed by atoms with Gasteiger partial charge < -0.3 is 24.4 Å². The van der Waals surface area contributed by atoms with Crippen LogP contribution in [0.25, 0.3) is 0 Å². The minimum atomic E-state index is -4.17. The Morgan fingerprint density at radius 2 is 2.05 bits per heavy atom.